The quantitative estimate of drug-likeness (QED) is 0.726. The minimum atomic E-state index is -0.477. The lowest BCUT2D eigenvalue weighted by Gasteiger charge is -2.16. The summed E-state index contributed by atoms with van der Waals surface area (Å²) in [7, 11) is 0. The predicted octanol–water partition coefficient (Wildman–Crippen LogP) is 2.39. The Morgan fingerprint density at radius 3 is 2.96 bits per heavy atom. The zero-order valence-electron chi connectivity index (χ0n) is 13.3. The zero-order chi connectivity index (χ0) is 16.7. The van der Waals surface area contributed by atoms with Crippen molar-refractivity contribution < 1.29 is 9.21 Å². The molecule has 0 bridgehead atoms. The van der Waals surface area contributed by atoms with Crippen molar-refractivity contribution in [2.45, 2.75) is 19.4 Å². The van der Waals surface area contributed by atoms with Crippen LogP contribution in [0.15, 0.2) is 51.9 Å². The first kappa shape index (κ1) is 14.7. The maximum Gasteiger partial charge on any atom is 0.344 e. The topological polar surface area (TPSA) is 68.3 Å². The summed E-state index contributed by atoms with van der Waals surface area (Å²) in [6.07, 6.45) is 4.63. The molecule has 4 rings (SSSR count). The molecule has 0 spiro atoms. The second-order valence-electron chi connectivity index (χ2n) is 6.18. The van der Waals surface area contributed by atoms with Gasteiger partial charge >= 0.3 is 5.63 Å². The van der Waals surface area contributed by atoms with Crippen molar-refractivity contribution in [3.63, 3.8) is 0 Å². The Balaban J connectivity index is 1.59. The van der Waals surface area contributed by atoms with E-state index in [1.165, 1.54) is 0 Å². The van der Waals surface area contributed by atoms with Crippen LogP contribution in [0, 0.1) is 6.92 Å². The zero-order valence-corrected chi connectivity index (χ0v) is 13.3. The van der Waals surface area contributed by atoms with E-state index in [0.717, 1.165) is 17.4 Å². The van der Waals surface area contributed by atoms with E-state index in [2.05, 4.69) is 5.10 Å². The van der Waals surface area contributed by atoms with Crippen molar-refractivity contribution in [3.8, 4) is 0 Å². The van der Waals surface area contributed by atoms with E-state index in [0.29, 0.717) is 18.5 Å². The van der Waals surface area contributed by atoms with E-state index in [4.69, 9.17) is 4.42 Å². The monoisotopic (exact) mass is 323 g/mol. The maximum absolute atomic E-state index is 12.7. The fraction of sp³-hybridized carbons (Fsp3) is 0.278. The van der Waals surface area contributed by atoms with Crippen LogP contribution in [0.25, 0.3) is 10.8 Å². The predicted molar refractivity (Wildman–Crippen MR) is 89.0 cm³/mol. The highest BCUT2D eigenvalue weighted by Gasteiger charge is 2.30. The molecule has 122 valence electrons. The Morgan fingerprint density at radius 1 is 1.33 bits per heavy atom. The van der Waals surface area contributed by atoms with E-state index >= 15 is 0 Å². The van der Waals surface area contributed by atoms with Crippen LogP contribution in [0.4, 0.5) is 0 Å². The number of carbonyl (C=O) groups excluding carboxylic acids is 1. The largest absolute Gasteiger partial charge is 0.417 e. The molecule has 0 radical (unpaired) electrons. The molecule has 6 heteroatoms. The van der Waals surface area contributed by atoms with Crippen molar-refractivity contribution in [2.75, 3.05) is 13.1 Å². The number of nitrogens with zero attached hydrogens (tertiary/aromatic N) is 3. The van der Waals surface area contributed by atoms with Gasteiger partial charge in [-0.3, -0.25) is 9.48 Å². The van der Waals surface area contributed by atoms with E-state index in [9.17, 15) is 9.59 Å². The molecular weight excluding hydrogens is 306 g/mol. The van der Waals surface area contributed by atoms with Gasteiger partial charge in [0.15, 0.2) is 5.76 Å². The van der Waals surface area contributed by atoms with Gasteiger partial charge < -0.3 is 9.32 Å². The van der Waals surface area contributed by atoms with Crippen LogP contribution in [0.2, 0.25) is 0 Å². The van der Waals surface area contributed by atoms with Crippen molar-refractivity contribution in [1.82, 2.24) is 14.7 Å². The van der Waals surface area contributed by atoms with E-state index < -0.39 is 5.63 Å². The molecule has 0 aliphatic carbocycles. The number of hydrogen-bond donors (Lipinski definition) is 0. The molecule has 3 heterocycles. The van der Waals surface area contributed by atoms with Crippen LogP contribution in [0.3, 0.4) is 0 Å². The van der Waals surface area contributed by atoms with Gasteiger partial charge in [-0.1, -0.05) is 18.2 Å². The molecule has 1 aliphatic rings. The Hall–Kier alpha value is -2.89. The summed E-state index contributed by atoms with van der Waals surface area (Å²) in [5.74, 6) is -0.153. The van der Waals surface area contributed by atoms with Gasteiger partial charge in [0.1, 0.15) is 0 Å². The maximum atomic E-state index is 12.7. The molecule has 0 saturated carbocycles. The van der Waals surface area contributed by atoms with Crippen molar-refractivity contribution >= 4 is 16.7 Å². The van der Waals surface area contributed by atoms with Crippen LogP contribution in [0.5, 0.6) is 0 Å². The Labute approximate surface area is 138 Å². The highest BCUT2D eigenvalue weighted by atomic mass is 16.4. The number of benzene rings is 1. The number of rotatable bonds is 2. The third kappa shape index (κ3) is 2.50. The van der Waals surface area contributed by atoms with Crippen LogP contribution in [0.1, 0.15) is 28.6 Å². The molecule has 24 heavy (non-hydrogen) atoms. The van der Waals surface area contributed by atoms with Gasteiger partial charge in [0, 0.05) is 19.3 Å². The lowest BCUT2D eigenvalue weighted by atomic mass is 10.1. The number of aryl methyl sites for hydroxylation is 1. The molecule has 3 aromatic rings. The highest BCUT2D eigenvalue weighted by molar-refractivity contribution is 5.95. The minimum Gasteiger partial charge on any atom is -0.417 e. The summed E-state index contributed by atoms with van der Waals surface area (Å²) in [5.41, 5.74) is 0.621. The van der Waals surface area contributed by atoms with E-state index in [1.54, 1.807) is 23.1 Å². The van der Waals surface area contributed by atoms with Crippen molar-refractivity contribution in [2.24, 2.45) is 0 Å². The number of amides is 1. The molecule has 1 atom stereocenters. The fourth-order valence-corrected chi connectivity index (χ4v) is 3.17. The van der Waals surface area contributed by atoms with Crippen LogP contribution >= 0.6 is 0 Å². The highest BCUT2D eigenvalue weighted by Crippen LogP contribution is 2.23. The second kappa shape index (κ2) is 5.63. The SMILES string of the molecule is Cc1cnn(C2CCN(C(=O)c3cc4ccccc4c(=O)o3)C2)c1. The molecule has 6 nitrogen and oxygen atoms in total. The summed E-state index contributed by atoms with van der Waals surface area (Å²) in [6, 6.07) is 8.92. The third-order valence-electron chi connectivity index (χ3n) is 4.44. The van der Waals surface area contributed by atoms with Crippen LogP contribution < -0.4 is 5.63 Å². The first-order valence-corrected chi connectivity index (χ1v) is 7.95. The molecule has 1 amide bonds. The summed E-state index contributed by atoms with van der Waals surface area (Å²) < 4.78 is 7.14. The number of hydrogen-bond acceptors (Lipinski definition) is 4. The summed E-state index contributed by atoms with van der Waals surface area (Å²) >= 11 is 0. The van der Waals surface area contributed by atoms with E-state index in [-0.39, 0.29) is 17.7 Å². The fourth-order valence-electron chi connectivity index (χ4n) is 3.17. The molecule has 2 aromatic heterocycles. The van der Waals surface area contributed by atoms with Crippen molar-refractivity contribution in [3.05, 3.63) is 64.5 Å². The Kier molecular flexibility index (Phi) is 3.45. The van der Waals surface area contributed by atoms with Gasteiger partial charge in [-0.05, 0) is 36.4 Å². The summed E-state index contributed by atoms with van der Waals surface area (Å²) in [4.78, 5) is 26.5. The molecule has 1 unspecified atom stereocenters. The minimum absolute atomic E-state index is 0.0935. The standard InChI is InChI=1S/C18H17N3O3/c1-12-9-19-21(10-12)14-6-7-20(11-14)17(22)16-8-13-4-2-3-5-15(13)18(23)24-16/h2-5,8-10,14H,6-7,11H2,1H3. The third-order valence-corrected chi connectivity index (χ3v) is 4.44. The van der Waals surface area contributed by atoms with Gasteiger partial charge in [-0.25, -0.2) is 4.79 Å². The molecular formula is C18H17N3O3. The Bertz CT molecular complexity index is 973. The van der Waals surface area contributed by atoms with Crippen molar-refractivity contribution in [1.29, 1.82) is 0 Å². The van der Waals surface area contributed by atoms with Crippen LogP contribution in [-0.2, 0) is 0 Å². The van der Waals surface area contributed by atoms with E-state index in [1.807, 2.05) is 36.1 Å². The Morgan fingerprint density at radius 2 is 2.17 bits per heavy atom. The average Bonchev–Trinajstić information content (AvgIpc) is 3.23. The molecule has 1 saturated heterocycles. The van der Waals surface area contributed by atoms with Gasteiger partial charge in [0.05, 0.1) is 17.6 Å². The molecule has 1 aliphatic heterocycles. The summed E-state index contributed by atoms with van der Waals surface area (Å²) in [6.45, 7) is 3.18. The first-order chi connectivity index (χ1) is 11.6. The second-order valence-corrected chi connectivity index (χ2v) is 6.18. The molecule has 0 N–H and O–H groups in total. The van der Waals surface area contributed by atoms with Crippen LogP contribution in [-0.4, -0.2) is 33.7 Å². The normalized spacial score (nSPS) is 17.5. The van der Waals surface area contributed by atoms with Gasteiger partial charge in [-0.2, -0.15) is 5.10 Å². The molecule has 1 aromatic carbocycles. The lowest BCUT2D eigenvalue weighted by Crippen LogP contribution is -2.29. The average molecular weight is 323 g/mol. The van der Waals surface area contributed by atoms with Gasteiger partial charge in [-0.15, -0.1) is 0 Å². The summed E-state index contributed by atoms with van der Waals surface area (Å²) in [5, 5.41) is 5.53. The van der Waals surface area contributed by atoms with Gasteiger partial charge in [0.25, 0.3) is 5.91 Å². The lowest BCUT2D eigenvalue weighted by molar-refractivity contribution is 0.0751. The first-order valence-electron chi connectivity index (χ1n) is 7.95. The number of aromatic nitrogens is 2. The number of carbonyl (C=O) groups is 1. The smallest absolute Gasteiger partial charge is 0.344 e. The molecule has 1 fully saturated rings. The number of likely N-dealkylation sites (tertiary alicyclic amines) is 1. The number of fused-ring (bicyclic) bond motifs is 1. The van der Waals surface area contributed by atoms with Gasteiger partial charge in [0.2, 0.25) is 0 Å².